The molecule has 0 radical (unpaired) electrons. The van der Waals surface area contributed by atoms with Crippen LogP contribution in [0.15, 0.2) is 30.3 Å². The molecule has 0 amide bonds. The molecular formula is C14H16N2O3S. The summed E-state index contributed by atoms with van der Waals surface area (Å²) in [4.78, 5) is 13.1. The van der Waals surface area contributed by atoms with Crippen LogP contribution in [-0.2, 0) is 0 Å². The number of benzene rings is 1. The van der Waals surface area contributed by atoms with E-state index in [1.165, 1.54) is 17.4 Å². The predicted molar refractivity (Wildman–Crippen MR) is 80.8 cm³/mol. The molecule has 20 heavy (non-hydrogen) atoms. The Bertz CT molecular complexity index is 620. The van der Waals surface area contributed by atoms with Crippen LogP contribution in [0.5, 0.6) is 0 Å². The summed E-state index contributed by atoms with van der Waals surface area (Å²) >= 11 is 1.24. The molecular weight excluding hydrogens is 276 g/mol. The third-order valence-electron chi connectivity index (χ3n) is 3.05. The SMILES string of the molecule is Cc1ccc(N(C)c2sc([C@H](C)O)cc2[N+](=O)[O-])cc1. The molecule has 1 heterocycles. The van der Waals surface area contributed by atoms with E-state index in [1.807, 2.05) is 31.2 Å². The Morgan fingerprint density at radius 1 is 1.35 bits per heavy atom. The number of thiophene rings is 1. The zero-order valence-electron chi connectivity index (χ0n) is 11.5. The van der Waals surface area contributed by atoms with Crippen molar-refractivity contribution in [2.24, 2.45) is 0 Å². The average molecular weight is 292 g/mol. The lowest BCUT2D eigenvalue weighted by molar-refractivity contribution is -0.383. The van der Waals surface area contributed by atoms with Crippen molar-refractivity contribution < 1.29 is 10.0 Å². The summed E-state index contributed by atoms with van der Waals surface area (Å²) in [6, 6.07) is 9.19. The summed E-state index contributed by atoms with van der Waals surface area (Å²) in [5.74, 6) is 0. The zero-order valence-corrected chi connectivity index (χ0v) is 12.3. The van der Waals surface area contributed by atoms with Crippen LogP contribution in [0.25, 0.3) is 0 Å². The Kier molecular flexibility index (Phi) is 4.06. The van der Waals surface area contributed by atoms with Crippen LogP contribution in [0.4, 0.5) is 16.4 Å². The van der Waals surface area contributed by atoms with Crippen molar-refractivity contribution in [2.45, 2.75) is 20.0 Å². The molecule has 6 heteroatoms. The van der Waals surface area contributed by atoms with E-state index < -0.39 is 11.0 Å². The van der Waals surface area contributed by atoms with Crippen molar-refractivity contribution in [1.82, 2.24) is 0 Å². The van der Waals surface area contributed by atoms with Gasteiger partial charge in [-0.2, -0.15) is 0 Å². The second-order valence-corrected chi connectivity index (χ2v) is 5.73. The molecule has 2 aromatic rings. The molecule has 1 aromatic heterocycles. The smallest absolute Gasteiger partial charge is 0.304 e. The van der Waals surface area contributed by atoms with Crippen LogP contribution >= 0.6 is 11.3 Å². The number of hydrogen-bond acceptors (Lipinski definition) is 5. The van der Waals surface area contributed by atoms with Gasteiger partial charge in [0.1, 0.15) is 0 Å². The van der Waals surface area contributed by atoms with Crippen molar-refractivity contribution in [1.29, 1.82) is 0 Å². The summed E-state index contributed by atoms with van der Waals surface area (Å²) in [7, 11) is 1.79. The van der Waals surface area contributed by atoms with Gasteiger partial charge < -0.3 is 10.0 Å². The maximum absolute atomic E-state index is 11.2. The largest absolute Gasteiger partial charge is 0.388 e. The van der Waals surface area contributed by atoms with Gasteiger partial charge in [0.2, 0.25) is 0 Å². The number of nitrogens with zero attached hydrogens (tertiary/aromatic N) is 2. The highest BCUT2D eigenvalue weighted by Gasteiger charge is 2.24. The van der Waals surface area contributed by atoms with Gasteiger partial charge in [-0.3, -0.25) is 10.1 Å². The lowest BCUT2D eigenvalue weighted by atomic mass is 10.2. The summed E-state index contributed by atoms with van der Waals surface area (Å²) < 4.78 is 0. The first-order chi connectivity index (χ1) is 9.40. The molecule has 2 rings (SSSR count). The Morgan fingerprint density at radius 2 is 1.95 bits per heavy atom. The van der Waals surface area contributed by atoms with Crippen LogP contribution in [0.3, 0.4) is 0 Å². The molecule has 5 nitrogen and oxygen atoms in total. The van der Waals surface area contributed by atoms with Crippen LogP contribution in [0.2, 0.25) is 0 Å². The molecule has 0 aliphatic rings. The van der Waals surface area contributed by atoms with Gasteiger partial charge in [-0.25, -0.2) is 0 Å². The Balaban J connectivity index is 2.45. The third-order valence-corrected chi connectivity index (χ3v) is 4.42. The number of aliphatic hydroxyl groups excluding tert-OH is 1. The quantitative estimate of drug-likeness (QED) is 0.687. The Morgan fingerprint density at radius 3 is 2.45 bits per heavy atom. The van der Waals surface area contributed by atoms with Gasteiger partial charge in [0.05, 0.1) is 11.0 Å². The maximum Gasteiger partial charge on any atom is 0.304 e. The molecule has 0 saturated carbocycles. The zero-order chi connectivity index (χ0) is 14.9. The minimum atomic E-state index is -0.709. The molecule has 0 spiro atoms. The number of nitro groups is 1. The monoisotopic (exact) mass is 292 g/mol. The molecule has 0 bridgehead atoms. The summed E-state index contributed by atoms with van der Waals surface area (Å²) in [5.41, 5.74) is 2.03. The normalized spacial score (nSPS) is 12.2. The lowest BCUT2D eigenvalue weighted by Crippen LogP contribution is -2.09. The molecule has 106 valence electrons. The summed E-state index contributed by atoms with van der Waals surface area (Å²) in [5, 5.41) is 21.3. The fraction of sp³-hybridized carbons (Fsp3) is 0.286. The van der Waals surface area contributed by atoms with Crippen molar-refractivity contribution in [3.63, 3.8) is 0 Å². The van der Waals surface area contributed by atoms with E-state index in [0.29, 0.717) is 9.88 Å². The standard InChI is InChI=1S/C14H16N2O3S/c1-9-4-6-11(7-5-9)15(3)14-12(16(18)19)8-13(20-14)10(2)17/h4-8,10,17H,1-3H3/t10-/m0/s1. The third kappa shape index (κ3) is 2.81. The predicted octanol–water partition coefficient (Wildman–Crippen LogP) is 3.79. The Labute approximate surface area is 121 Å². The fourth-order valence-electron chi connectivity index (χ4n) is 1.85. The van der Waals surface area contributed by atoms with Gasteiger partial charge >= 0.3 is 5.69 Å². The highest BCUT2D eigenvalue weighted by atomic mass is 32.1. The molecule has 1 N–H and O–H groups in total. The van der Waals surface area contributed by atoms with Gasteiger partial charge in [-0.1, -0.05) is 17.7 Å². The maximum atomic E-state index is 11.2. The average Bonchev–Trinajstić information content (AvgIpc) is 2.84. The van der Waals surface area contributed by atoms with E-state index in [-0.39, 0.29) is 5.69 Å². The summed E-state index contributed by atoms with van der Waals surface area (Å²) in [6.45, 7) is 3.59. The molecule has 0 saturated heterocycles. The Hall–Kier alpha value is -1.92. The first-order valence-corrected chi connectivity index (χ1v) is 6.98. The molecule has 0 aliphatic heterocycles. The number of hydrogen-bond donors (Lipinski definition) is 1. The number of anilines is 2. The van der Waals surface area contributed by atoms with Crippen molar-refractivity contribution in [2.75, 3.05) is 11.9 Å². The second-order valence-electron chi connectivity index (χ2n) is 4.67. The van der Waals surface area contributed by atoms with Gasteiger partial charge in [0.25, 0.3) is 0 Å². The van der Waals surface area contributed by atoms with E-state index in [1.54, 1.807) is 18.9 Å². The minimum Gasteiger partial charge on any atom is -0.388 e. The van der Waals surface area contributed by atoms with E-state index in [4.69, 9.17) is 0 Å². The van der Waals surface area contributed by atoms with E-state index in [9.17, 15) is 15.2 Å². The fourth-order valence-corrected chi connectivity index (χ4v) is 2.90. The van der Waals surface area contributed by atoms with E-state index in [2.05, 4.69) is 0 Å². The molecule has 0 aliphatic carbocycles. The lowest BCUT2D eigenvalue weighted by Gasteiger charge is -2.17. The molecule has 1 atom stereocenters. The summed E-state index contributed by atoms with van der Waals surface area (Å²) in [6.07, 6.45) is -0.709. The number of aryl methyl sites for hydroxylation is 1. The van der Waals surface area contributed by atoms with Gasteiger partial charge in [-0.15, -0.1) is 11.3 Å². The van der Waals surface area contributed by atoms with Crippen LogP contribution in [0, 0.1) is 17.0 Å². The molecule has 0 fully saturated rings. The second kappa shape index (κ2) is 5.60. The number of aliphatic hydroxyl groups is 1. The van der Waals surface area contributed by atoms with Crippen molar-refractivity contribution in [3.8, 4) is 0 Å². The van der Waals surface area contributed by atoms with Gasteiger partial charge in [0.15, 0.2) is 5.00 Å². The van der Waals surface area contributed by atoms with Crippen molar-refractivity contribution in [3.05, 3.63) is 50.9 Å². The number of rotatable bonds is 4. The van der Waals surface area contributed by atoms with Crippen LogP contribution < -0.4 is 4.90 Å². The van der Waals surface area contributed by atoms with Gasteiger partial charge in [-0.05, 0) is 26.0 Å². The van der Waals surface area contributed by atoms with Crippen LogP contribution in [0.1, 0.15) is 23.5 Å². The molecule has 0 unspecified atom stereocenters. The van der Waals surface area contributed by atoms with Crippen molar-refractivity contribution >= 4 is 27.7 Å². The van der Waals surface area contributed by atoms with Crippen LogP contribution in [-0.4, -0.2) is 17.1 Å². The highest BCUT2D eigenvalue weighted by molar-refractivity contribution is 7.16. The first-order valence-electron chi connectivity index (χ1n) is 6.16. The molecule has 1 aromatic carbocycles. The highest BCUT2D eigenvalue weighted by Crippen LogP contribution is 2.42. The van der Waals surface area contributed by atoms with E-state index >= 15 is 0 Å². The minimum absolute atomic E-state index is 0.0222. The van der Waals surface area contributed by atoms with E-state index in [0.717, 1.165) is 11.3 Å². The van der Waals surface area contributed by atoms with Gasteiger partial charge in [0, 0.05) is 23.7 Å². The topological polar surface area (TPSA) is 66.6 Å². The first kappa shape index (κ1) is 14.5.